The van der Waals surface area contributed by atoms with E-state index in [0.29, 0.717) is 12.3 Å². The Labute approximate surface area is 53.3 Å². The first-order valence-corrected chi connectivity index (χ1v) is 3.16. The van der Waals surface area contributed by atoms with Crippen molar-refractivity contribution < 1.29 is 4.79 Å². The maximum Gasteiger partial charge on any atom is 0.160 e. The molecule has 1 aliphatic carbocycles. The summed E-state index contributed by atoms with van der Waals surface area (Å²) >= 11 is 5.41. The smallest absolute Gasteiger partial charge is 0.160 e. The van der Waals surface area contributed by atoms with E-state index in [1.165, 1.54) is 0 Å². The largest absolute Gasteiger partial charge is 0.295 e. The van der Waals surface area contributed by atoms with Gasteiger partial charge in [-0.15, -0.1) is 11.6 Å². The molecule has 0 aliphatic heterocycles. The fourth-order valence-corrected chi connectivity index (χ4v) is 1.04. The summed E-state index contributed by atoms with van der Waals surface area (Å²) in [5, 5.41) is 0. The van der Waals surface area contributed by atoms with Crippen molar-refractivity contribution in [3.63, 3.8) is 0 Å². The Balaban J connectivity index is 2.62. The third kappa shape index (κ3) is 0.920. The van der Waals surface area contributed by atoms with E-state index in [2.05, 4.69) is 0 Å². The normalized spacial score (nSPS) is 19.1. The molecule has 0 unspecified atom stereocenters. The maximum absolute atomic E-state index is 10.7. The summed E-state index contributed by atoms with van der Waals surface area (Å²) in [6.07, 6.45) is 3.47. The molecule has 0 amide bonds. The summed E-state index contributed by atoms with van der Waals surface area (Å²) in [4.78, 5) is 10.7. The van der Waals surface area contributed by atoms with Crippen molar-refractivity contribution in [2.75, 3.05) is 5.88 Å². The molecule has 0 radical (unpaired) electrons. The Hall–Kier alpha value is -0.300. The maximum atomic E-state index is 10.7. The van der Waals surface area contributed by atoms with Gasteiger partial charge in [-0.2, -0.15) is 0 Å². The van der Waals surface area contributed by atoms with Crippen molar-refractivity contribution in [2.24, 2.45) is 0 Å². The molecule has 0 atom stereocenters. The molecule has 0 heterocycles. The highest BCUT2D eigenvalue weighted by Gasteiger charge is 2.12. The molecule has 2 heteroatoms. The van der Waals surface area contributed by atoms with Crippen LogP contribution in [-0.2, 0) is 4.79 Å². The van der Waals surface area contributed by atoms with Gasteiger partial charge < -0.3 is 0 Å². The van der Waals surface area contributed by atoms with Crippen LogP contribution in [0.15, 0.2) is 11.6 Å². The minimum Gasteiger partial charge on any atom is -0.295 e. The topological polar surface area (TPSA) is 17.1 Å². The van der Waals surface area contributed by atoms with E-state index in [9.17, 15) is 4.79 Å². The molecule has 0 fully saturated rings. The van der Waals surface area contributed by atoms with Crippen LogP contribution in [0.1, 0.15) is 12.8 Å². The van der Waals surface area contributed by atoms with Crippen molar-refractivity contribution in [3.05, 3.63) is 11.6 Å². The molecule has 0 bridgehead atoms. The van der Waals surface area contributed by atoms with E-state index in [-0.39, 0.29) is 5.78 Å². The second-order valence-electron chi connectivity index (χ2n) is 1.82. The van der Waals surface area contributed by atoms with Crippen LogP contribution in [0, 0.1) is 0 Å². The summed E-state index contributed by atoms with van der Waals surface area (Å²) in [6, 6.07) is 0. The van der Waals surface area contributed by atoms with Gasteiger partial charge >= 0.3 is 0 Å². The van der Waals surface area contributed by atoms with E-state index in [4.69, 9.17) is 11.6 Å². The summed E-state index contributed by atoms with van der Waals surface area (Å²) in [7, 11) is 0. The summed E-state index contributed by atoms with van der Waals surface area (Å²) in [6.45, 7) is 0. The van der Waals surface area contributed by atoms with Gasteiger partial charge in [-0.25, -0.2) is 0 Å². The van der Waals surface area contributed by atoms with Crippen LogP contribution in [0.3, 0.4) is 0 Å². The Morgan fingerprint density at radius 2 is 2.50 bits per heavy atom. The molecule has 44 valence electrons. The van der Waals surface area contributed by atoms with Crippen molar-refractivity contribution in [2.45, 2.75) is 12.8 Å². The summed E-state index contributed by atoms with van der Waals surface area (Å²) < 4.78 is 0. The van der Waals surface area contributed by atoms with E-state index < -0.39 is 0 Å². The first kappa shape index (κ1) is 5.83. The van der Waals surface area contributed by atoms with Gasteiger partial charge in [0.05, 0.1) is 5.88 Å². The highest BCUT2D eigenvalue weighted by molar-refractivity contribution is 6.23. The average Bonchev–Trinajstić information content (AvgIpc) is 2.14. The summed E-state index contributed by atoms with van der Waals surface area (Å²) in [5.74, 6) is 0.610. The number of hydrogen-bond acceptors (Lipinski definition) is 1. The van der Waals surface area contributed by atoms with Crippen LogP contribution in [0.5, 0.6) is 0 Å². The van der Waals surface area contributed by atoms with Gasteiger partial charge in [-0.1, -0.05) is 6.08 Å². The number of Topliss-reactive ketones (excluding diaryl/α,β-unsaturated/α-hetero) is 1. The zero-order chi connectivity index (χ0) is 5.98. The predicted molar refractivity (Wildman–Crippen MR) is 33.0 cm³/mol. The van der Waals surface area contributed by atoms with Crippen molar-refractivity contribution >= 4 is 17.4 Å². The number of carbonyl (C=O) groups is 1. The first-order valence-electron chi connectivity index (χ1n) is 2.63. The second kappa shape index (κ2) is 2.31. The molecule has 0 aromatic rings. The fraction of sp³-hybridized carbons (Fsp3) is 0.500. The van der Waals surface area contributed by atoms with Gasteiger partial charge in [-0.3, -0.25) is 4.79 Å². The van der Waals surface area contributed by atoms with Crippen molar-refractivity contribution in [3.8, 4) is 0 Å². The minimum atomic E-state index is 0.222. The molecule has 0 saturated heterocycles. The number of carbonyl (C=O) groups excluding carboxylic acids is 1. The van der Waals surface area contributed by atoms with Gasteiger partial charge in [0, 0.05) is 12.0 Å². The third-order valence-electron chi connectivity index (χ3n) is 1.26. The zero-order valence-corrected chi connectivity index (χ0v) is 5.24. The van der Waals surface area contributed by atoms with Crippen LogP contribution in [-0.4, -0.2) is 11.7 Å². The molecule has 0 aromatic carbocycles. The molecule has 1 rings (SSSR count). The van der Waals surface area contributed by atoms with Gasteiger partial charge in [0.15, 0.2) is 5.78 Å². The van der Waals surface area contributed by atoms with E-state index in [0.717, 1.165) is 12.0 Å². The second-order valence-corrected chi connectivity index (χ2v) is 2.09. The van der Waals surface area contributed by atoms with E-state index in [1.807, 2.05) is 6.08 Å². The quantitative estimate of drug-likeness (QED) is 0.492. The van der Waals surface area contributed by atoms with Crippen molar-refractivity contribution in [1.82, 2.24) is 0 Å². The predicted octanol–water partition coefficient (Wildman–Crippen LogP) is 1.51. The van der Waals surface area contributed by atoms with Gasteiger partial charge in [0.2, 0.25) is 0 Å². The van der Waals surface area contributed by atoms with Crippen molar-refractivity contribution in [1.29, 1.82) is 0 Å². The lowest BCUT2D eigenvalue weighted by atomic mass is 10.2. The van der Waals surface area contributed by atoms with Crippen LogP contribution in [0.4, 0.5) is 0 Å². The standard InChI is InChI=1S/C6H7ClO/c7-4-5-2-1-3-6(5)8/h2H,1,3-4H2. The number of alkyl halides is 1. The first-order chi connectivity index (χ1) is 3.84. The Morgan fingerprint density at radius 3 is 2.75 bits per heavy atom. The lowest BCUT2D eigenvalue weighted by Crippen LogP contribution is -1.95. The number of hydrogen-bond donors (Lipinski definition) is 0. The van der Waals surface area contributed by atoms with Crippen LogP contribution in [0.2, 0.25) is 0 Å². The van der Waals surface area contributed by atoms with Crippen LogP contribution < -0.4 is 0 Å². The van der Waals surface area contributed by atoms with Gasteiger partial charge in [-0.05, 0) is 6.42 Å². The van der Waals surface area contributed by atoms with Crippen LogP contribution >= 0.6 is 11.6 Å². The molecule has 1 aliphatic rings. The van der Waals surface area contributed by atoms with Gasteiger partial charge in [0.1, 0.15) is 0 Å². The van der Waals surface area contributed by atoms with E-state index >= 15 is 0 Å². The molecule has 0 spiro atoms. The van der Waals surface area contributed by atoms with Gasteiger partial charge in [0.25, 0.3) is 0 Å². The lowest BCUT2D eigenvalue weighted by molar-refractivity contribution is -0.114. The number of ketones is 1. The Bertz CT molecular complexity index is 137. The molecule has 0 saturated carbocycles. The molecular formula is C6H7ClO. The SMILES string of the molecule is O=C1CCC=C1CCl. The average molecular weight is 131 g/mol. The van der Waals surface area contributed by atoms with E-state index in [1.54, 1.807) is 0 Å². The number of allylic oxidation sites excluding steroid dienone is 2. The molecule has 8 heavy (non-hydrogen) atoms. The Morgan fingerprint density at radius 1 is 1.75 bits per heavy atom. The minimum absolute atomic E-state index is 0.222. The Kier molecular flexibility index (Phi) is 1.69. The number of rotatable bonds is 1. The fourth-order valence-electron chi connectivity index (χ4n) is 0.781. The molecular weight excluding hydrogens is 124 g/mol. The molecule has 0 aromatic heterocycles. The third-order valence-corrected chi connectivity index (χ3v) is 1.55. The monoisotopic (exact) mass is 130 g/mol. The lowest BCUT2D eigenvalue weighted by Gasteiger charge is -1.87. The van der Waals surface area contributed by atoms with Crippen LogP contribution in [0.25, 0.3) is 0 Å². The molecule has 0 N–H and O–H groups in total. The molecule has 1 nitrogen and oxygen atoms in total. The zero-order valence-electron chi connectivity index (χ0n) is 4.48. The highest BCUT2D eigenvalue weighted by atomic mass is 35.5. The highest BCUT2D eigenvalue weighted by Crippen LogP contribution is 2.13. The summed E-state index contributed by atoms with van der Waals surface area (Å²) in [5.41, 5.74) is 0.798. The number of halogens is 1.